The third kappa shape index (κ3) is 3.89. The second-order valence-corrected chi connectivity index (χ2v) is 5.92. The largest absolute Gasteiger partial charge is 0.488 e. The van der Waals surface area contributed by atoms with Crippen LogP contribution < -0.4 is 10.1 Å². The molecule has 18 heavy (non-hydrogen) atoms. The first-order valence-corrected chi connectivity index (χ1v) is 7.05. The highest BCUT2D eigenvalue weighted by Crippen LogP contribution is 2.25. The van der Waals surface area contributed by atoms with Crippen LogP contribution >= 0.6 is 34.5 Å². The van der Waals surface area contributed by atoms with Crippen molar-refractivity contribution in [3.63, 3.8) is 0 Å². The molecule has 1 heterocycles. The lowest BCUT2D eigenvalue weighted by Gasteiger charge is -2.05. The van der Waals surface area contributed by atoms with E-state index in [4.69, 9.17) is 27.9 Å². The van der Waals surface area contributed by atoms with E-state index in [1.165, 1.54) is 9.75 Å². The van der Waals surface area contributed by atoms with E-state index in [0.717, 1.165) is 6.54 Å². The summed E-state index contributed by atoms with van der Waals surface area (Å²) < 4.78 is 5.67. The van der Waals surface area contributed by atoms with Crippen molar-refractivity contribution in [2.75, 3.05) is 7.05 Å². The molecule has 2 nitrogen and oxygen atoms in total. The van der Waals surface area contributed by atoms with E-state index >= 15 is 0 Å². The normalized spacial score (nSPS) is 10.6. The van der Waals surface area contributed by atoms with Gasteiger partial charge in [-0.15, -0.1) is 11.3 Å². The van der Waals surface area contributed by atoms with Gasteiger partial charge in [-0.1, -0.05) is 23.2 Å². The first-order chi connectivity index (χ1) is 8.67. The van der Waals surface area contributed by atoms with E-state index in [0.29, 0.717) is 22.4 Å². The van der Waals surface area contributed by atoms with E-state index in [2.05, 4.69) is 17.4 Å². The lowest BCUT2D eigenvalue weighted by atomic mass is 10.3. The van der Waals surface area contributed by atoms with Crippen LogP contribution in [0.3, 0.4) is 0 Å². The van der Waals surface area contributed by atoms with Crippen molar-refractivity contribution < 1.29 is 4.74 Å². The molecule has 0 spiro atoms. The molecular formula is C13H13Cl2NOS. The number of halogens is 2. The molecule has 5 heteroatoms. The van der Waals surface area contributed by atoms with Gasteiger partial charge in [0.05, 0.1) is 0 Å². The van der Waals surface area contributed by atoms with E-state index in [1.54, 1.807) is 29.5 Å². The Labute approximate surface area is 120 Å². The van der Waals surface area contributed by atoms with E-state index in [-0.39, 0.29) is 0 Å². The Morgan fingerprint density at radius 3 is 2.44 bits per heavy atom. The van der Waals surface area contributed by atoms with Crippen molar-refractivity contribution in [2.24, 2.45) is 0 Å². The Morgan fingerprint density at radius 2 is 1.78 bits per heavy atom. The third-order valence-electron chi connectivity index (χ3n) is 2.29. The topological polar surface area (TPSA) is 21.3 Å². The minimum absolute atomic E-state index is 0.533. The van der Waals surface area contributed by atoms with Crippen LogP contribution in [0.5, 0.6) is 5.75 Å². The van der Waals surface area contributed by atoms with Crippen molar-refractivity contribution in [3.8, 4) is 5.75 Å². The van der Waals surface area contributed by atoms with Gasteiger partial charge in [-0.3, -0.25) is 0 Å². The fourth-order valence-electron chi connectivity index (χ4n) is 1.54. The van der Waals surface area contributed by atoms with Crippen molar-refractivity contribution in [3.05, 3.63) is 50.1 Å². The van der Waals surface area contributed by atoms with Crippen LogP contribution in [0, 0.1) is 0 Å². The fourth-order valence-corrected chi connectivity index (χ4v) is 2.98. The lowest BCUT2D eigenvalue weighted by Crippen LogP contribution is -2.02. The Kier molecular flexibility index (Phi) is 4.89. The molecule has 0 aliphatic carbocycles. The Hall–Kier alpha value is -0.740. The SMILES string of the molecule is CNCc1ccc(COc2cc(Cl)cc(Cl)c2)s1. The van der Waals surface area contributed by atoms with E-state index < -0.39 is 0 Å². The lowest BCUT2D eigenvalue weighted by molar-refractivity contribution is 0.310. The second kappa shape index (κ2) is 6.43. The molecule has 0 fully saturated rings. The summed E-state index contributed by atoms with van der Waals surface area (Å²) in [6.07, 6.45) is 0. The molecule has 2 rings (SSSR count). The Balaban J connectivity index is 1.97. The van der Waals surface area contributed by atoms with Crippen LogP contribution in [0.4, 0.5) is 0 Å². The van der Waals surface area contributed by atoms with Gasteiger partial charge < -0.3 is 10.1 Å². The Morgan fingerprint density at radius 1 is 1.11 bits per heavy atom. The van der Waals surface area contributed by atoms with Crippen molar-refractivity contribution in [2.45, 2.75) is 13.2 Å². The first-order valence-electron chi connectivity index (χ1n) is 5.48. The van der Waals surface area contributed by atoms with Gasteiger partial charge in [0, 0.05) is 26.3 Å². The second-order valence-electron chi connectivity index (χ2n) is 3.79. The molecule has 0 saturated heterocycles. The summed E-state index contributed by atoms with van der Waals surface area (Å²) >= 11 is 13.5. The summed E-state index contributed by atoms with van der Waals surface area (Å²) in [6, 6.07) is 9.38. The van der Waals surface area contributed by atoms with Crippen LogP contribution in [0.1, 0.15) is 9.75 Å². The quantitative estimate of drug-likeness (QED) is 0.886. The van der Waals surface area contributed by atoms with Crippen LogP contribution in [0.25, 0.3) is 0 Å². The number of ether oxygens (including phenoxy) is 1. The minimum Gasteiger partial charge on any atom is -0.488 e. The maximum absolute atomic E-state index is 5.91. The molecule has 1 aromatic heterocycles. The number of thiophene rings is 1. The monoisotopic (exact) mass is 301 g/mol. The number of hydrogen-bond acceptors (Lipinski definition) is 3. The highest BCUT2D eigenvalue weighted by molar-refractivity contribution is 7.11. The van der Waals surface area contributed by atoms with Crippen molar-refractivity contribution in [1.29, 1.82) is 0 Å². The summed E-state index contributed by atoms with van der Waals surface area (Å²) in [5.41, 5.74) is 0. The molecule has 96 valence electrons. The summed E-state index contributed by atoms with van der Waals surface area (Å²) in [4.78, 5) is 2.47. The minimum atomic E-state index is 0.533. The molecule has 0 bridgehead atoms. The smallest absolute Gasteiger partial charge is 0.122 e. The summed E-state index contributed by atoms with van der Waals surface area (Å²) in [7, 11) is 1.93. The molecule has 0 amide bonds. The van der Waals surface area contributed by atoms with Crippen molar-refractivity contribution >= 4 is 34.5 Å². The highest BCUT2D eigenvalue weighted by Gasteiger charge is 2.03. The fraction of sp³-hybridized carbons (Fsp3) is 0.231. The molecule has 1 aromatic carbocycles. The van der Waals surface area contributed by atoms with E-state index in [9.17, 15) is 0 Å². The molecule has 0 atom stereocenters. The van der Waals surface area contributed by atoms with Crippen LogP contribution in [0.15, 0.2) is 30.3 Å². The van der Waals surface area contributed by atoms with Gasteiger partial charge in [0.25, 0.3) is 0 Å². The van der Waals surface area contributed by atoms with Gasteiger partial charge in [-0.25, -0.2) is 0 Å². The molecule has 0 aliphatic rings. The van der Waals surface area contributed by atoms with Gasteiger partial charge in [0.15, 0.2) is 0 Å². The summed E-state index contributed by atoms with van der Waals surface area (Å²) in [6.45, 7) is 1.42. The van der Waals surface area contributed by atoms with Crippen LogP contribution in [-0.4, -0.2) is 7.05 Å². The number of benzene rings is 1. The number of rotatable bonds is 5. The third-order valence-corrected chi connectivity index (χ3v) is 3.78. The molecular weight excluding hydrogens is 289 g/mol. The average molecular weight is 302 g/mol. The van der Waals surface area contributed by atoms with Gasteiger partial charge in [-0.2, -0.15) is 0 Å². The predicted molar refractivity (Wildman–Crippen MR) is 77.9 cm³/mol. The molecule has 0 radical (unpaired) electrons. The molecule has 0 unspecified atom stereocenters. The van der Waals surface area contributed by atoms with Crippen LogP contribution in [0.2, 0.25) is 10.0 Å². The van der Waals surface area contributed by atoms with Gasteiger partial charge in [0.1, 0.15) is 12.4 Å². The Bertz CT molecular complexity index is 507. The van der Waals surface area contributed by atoms with Crippen LogP contribution in [-0.2, 0) is 13.2 Å². The molecule has 2 aromatic rings. The first kappa shape index (κ1) is 13.7. The van der Waals surface area contributed by atoms with E-state index in [1.807, 2.05) is 7.05 Å². The zero-order valence-electron chi connectivity index (χ0n) is 9.87. The van der Waals surface area contributed by atoms with Gasteiger partial charge >= 0.3 is 0 Å². The molecule has 0 saturated carbocycles. The number of nitrogens with one attached hydrogen (secondary N) is 1. The predicted octanol–water partition coefficient (Wildman–Crippen LogP) is 4.35. The maximum Gasteiger partial charge on any atom is 0.122 e. The maximum atomic E-state index is 5.91. The summed E-state index contributed by atoms with van der Waals surface area (Å²) in [5, 5.41) is 4.29. The average Bonchev–Trinajstić information content (AvgIpc) is 2.74. The standard InChI is InChI=1S/C13H13Cl2NOS/c1-16-7-12-2-3-13(18-12)8-17-11-5-9(14)4-10(15)6-11/h2-6,16H,7-8H2,1H3. The number of hydrogen-bond donors (Lipinski definition) is 1. The molecule has 1 N–H and O–H groups in total. The zero-order valence-corrected chi connectivity index (χ0v) is 12.2. The van der Waals surface area contributed by atoms with Crippen molar-refractivity contribution in [1.82, 2.24) is 5.32 Å². The highest BCUT2D eigenvalue weighted by atomic mass is 35.5. The molecule has 0 aliphatic heterocycles. The van der Waals surface area contributed by atoms with Gasteiger partial charge in [0.2, 0.25) is 0 Å². The summed E-state index contributed by atoms with van der Waals surface area (Å²) in [5.74, 6) is 0.691. The zero-order chi connectivity index (χ0) is 13.0. The van der Waals surface area contributed by atoms with Gasteiger partial charge in [-0.05, 0) is 37.4 Å².